The third-order valence-corrected chi connectivity index (χ3v) is 4.19. The Morgan fingerprint density at radius 3 is 2.71 bits per heavy atom. The van der Waals surface area contributed by atoms with E-state index < -0.39 is 0 Å². The van der Waals surface area contributed by atoms with E-state index in [0.717, 1.165) is 43.7 Å². The predicted octanol–water partition coefficient (Wildman–Crippen LogP) is 2.27. The van der Waals surface area contributed by atoms with Crippen LogP contribution in [0.4, 0.5) is 0 Å². The maximum atomic E-state index is 11.3. The van der Waals surface area contributed by atoms with Gasteiger partial charge in [0.15, 0.2) is 0 Å². The second-order valence-corrected chi connectivity index (χ2v) is 5.68. The van der Waals surface area contributed by atoms with Gasteiger partial charge in [-0.05, 0) is 42.9 Å². The SMILES string of the molecule is CC(=O)N1CCC(Cc2ccc(-c3ccn[nH]3)nc2)CC1. The number of pyridine rings is 1. The smallest absolute Gasteiger partial charge is 0.219 e. The summed E-state index contributed by atoms with van der Waals surface area (Å²) < 4.78 is 0. The summed E-state index contributed by atoms with van der Waals surface area (Å²) in [6, 6.07) is 6.09. The van der Waals surface area contributed by atoms with E-state index in [1.807, 2.05) is 23.2 Å². The summed E-state index contributed by atoms with van der Waals surface area (Å²) in [6.45, 7) is 3.43. The fourth-order valence-electron chi connectivity index (χ4n) is 2.89. The third-order valence-electron chi connectivity index (χ3n) is 4.19. The Morgan fingerprint density at radius 1 is 1.33 bits per heavy atom. The van der Waals surface area contributed by atoms with Gasteiger partial charge in [0.1, 0.15) is 0 Å². The number of likely N-dealkylation sites (tertiary alicyclic amines) is 1. The van der Waals surface area contributed by atoms with Crippen molar-refractivity contribution in [2.45, 2.75) is 26.2 Å². The average molecular weight is 284 g/mol. The highest BCUT2D eigenvalue weighted by molar-refractivity contribution is 5.73. The largest absolute Gasteiger partial charge is 0.343 e. The summed E-state index contributed by atoms with van der Waals surface area (Å²) in [5.74, 6) is 0.847. The van der Waals surface area contributed by atoms with E-state index in [9.17, 15) is 4.79 Å². The summed E-state index contributed by atoms with van der Waals surface area (Å²) in [5.41, 5.74) is 3.12. The van der Waals surface area contributed by atoms with Gasteiger partial charge in [0.05, 0.1) is 11.4 Å². The molecular weight excluding hydrogens is 264 g/mol. The van der Waals surface area contributed by atoms with Crippen LogP contribution in [0, 0.1) is 5.92 Å². The standard InChI is InChI=1S/C16H20N4O/c1-12(21)20-8-5-13(6-9-20)10-14-2-3-15(17-11-14)16-4-7-18-19-16/h2-4,7,11,13H,5-6,8-10H2,1H3,(H,18,19). The van der Waals surface area contributed by atoms with Crippen LogP contribution < -0.4 is 0 Å². The van der Waals surface area contributed by atoms with Crippen molar-refractivity contribution in [1.29, 1.82) is 0 Å². The number of amides is 1. The number of nitrogens with one attached hydrogen (secondary N) is 1. The maximum absolute atomic E-state index is 11.3. The Bertz CT molecular complexity index is 583. The van der Waals surface area contributed by atoms with Gasteiger partial charge in [-0.3, -0.25) is 14.9 Å². The van der Waals surface area contributed by atoms with E-state index in [4.69, 9.17) is 0 Å². The van der Waals surface area contributed by atoms with Crippen LogP contribution in [0.25, 0.3) is 11.4 Å². The molecular formula is C16H20N4O. The van der Waals surface area contributed by atoms with Crippen molar-refractivity contribution < 1.29 is 4.79 Å². The highest BCUT2D eigenvalue weighted by Crippen LogP contribution is 2.22. The van der Waals surface area contributed by atoms with Gasteiger partial charge in [0, 0.05) is 32.4 Å². The number of aromatic nitrogens is 3. The van der Waals surface area contributed by atoms with Crippen LogP contribution in [0.2, 0.25) is 0 Å². The first kappa shape index (κ1) is 13.8. The van der Waals surface area contributed by atoms with Crippen LogP contribution in [-0.2, 0) is 11.2 Å². The van der Waals surface area contributed by atoms with Gasteiger partial charge in [-0.2, -0.15) is 5.10 Å². The van der Waals surface area contributed by atoms with E-state index in [1.165, 1.54) is 5.56 Å². The Morgan fingerprint density at radius 2 is 2.14 bits per heavy atom. The normalized spacial score (nSPS) is 16.1. The third kappa shape index (κ3) is 3.29. The molecule has 1 amide bonds. The molecule has 5 heteroatoms. The minimum atomic E-state index is 0.194. The van der Waals surface area contributed by atoms with Gasteiger partial charge < -0.3 is 4.90 Å². The first-order chi connectivity index (χ1) is 10.2. The van der Waals surface area contributed by atoms with Crippen molar-refractivity contribution in [3.8, 4) is 11.4 Å². The number of hydrogen-bond donors (Lipinski definition) is 1. The Kier molecular flexibility index (Phi) is 3.99. The van der Waals surface area contributed by atoms with E-state index in [0.29, 0.717) is 5.92 Å². The van der Waals surface area contributed by atoms with Gasteiger partial charge in [0.25, 0.3) is 0 Å². The number of aromatic amines is 1. The molecule has 0 aromatic carbocycles. The lowest BCUT2D eigenvalue weighted by atomic mass is 9.90. The fraction of sp³-hybridized carbons (Fsp3) is 0.438. The zero-order valence-electron chi connectivity index (χ0n) is 12.2. The monoisotopic (exact) mass is 284 g/mol. The van der Waals surface area contributed by atoms with Gasteiger partial charge in [-0.25, -0.2) is 0 Å². The molecule has 110 valence electrons. The van der Waals surface area contributed by atoms with E-state index in [1.54, 1.807) is 13.1 Å². The zero-order chi connectivity index (χ0) is 14.7. The number of hydrogen-bond acceptors (Lipinski definition) is 3. The van der Waals surface area contributed by atoms with Crippen molar-refractivity contribution in [2.24, 2.45) is 5.92 Å². The average Bonchev–Trinajstić information content (AvgIpc) is 3.03. The zero-order valence-corrected chi connectivity index (χ0v) is 12.2. The summed E-state index contributed by atoms with van der Waals surface area (Å²) >= 11 is 0. The number of nitrogens with zero attached hydrogens (tertiary/aromatic N) is 3. The molecule has 1 fully saturated rings. The lowest BCUT2D eigenvalue weighted by molar-refractivity contribution is -0.130. The molecule has 0 radical (unpaired) electrons. The van der Waals surface area contributed by atoms with Crippen molar-refractivity contribution >= 4 is 5.91 Å². The van der Waals surface area contributed by atoms with Crippen LogP contribution >= 0.6 is 0 Å². The molecule has 0 atom stereocenters. The van der Waals surface area contributed by atoms with Crippen LogP contribution in [0.1, 0.15) is 25.3 Å². The van der Waals surface area contributed by atoms with Crippen LogP contribution in [0.3, 0.4) is 0 Å². The number of H-pyrrole nitrogens is 1. The topological polar surface area (TPSA) is 61.9 Å². The van der Waals surface area contributed by atoms with Crippen molar-refractivity contribution in [3.63, 3.8) is 0 Å². The Hall–Kier alpha value is -2.17. The minimum Gasteiger partial charge on any atom is -0.343 e. The van der Waals surface area contributed by atoms with E-state index in [-0.39, 0.29) is 5.91 Å². The van der Waals surface area contributed by atoms with Crippen LogP contribution in [0.15, 0.2) is 30.6 Å². The fourth-order valence-corrected chi connectivity index (χ4v) is 2.89. The summed E-state index contributed by atoms with van der Waals surface area (Å²) in [5, 5.41) is 6.86. The Balaban J connectivity index is 1.58. The van der Waals surface area contributed by atoms with Gasteiger partial charge >= 0.3 is 0 Å². The molecule has 2 aromatic heterocycles. The predicted molar refractivity (Wildman–Crippen MR) is 80.5 cm³/mol. The summed E-state index contributed by atoms with van der Waals surface area (Å²) in [4.78, 5) is 17.8. The maximum Gasteiger partial charge on any atom is 0.219 e. The molecule has 0 spiro atoms. The van der Waals surface area contributed by atoms with E-state index >= 15 is 0 Å². The molecule has 0 unspecified atom stereocenters. The highest BCUT2D eigenvalue weighted by Gasteiger charge is 2.20. The second kappa shape index (κ2) is 6.08. The lowest BCUT2D eigenvalue weighted by Gasteiger charge is -2.31. The molecule has 1 aliphatic rings. The van der Waals surface area contributed by atoms with Crippen LogP contribution in [0.5, 0.6) is 0 Å². The van der Waals surface area contributed by atoms with Crippen molar-refractivity contribution in [1.82, 2.24) is 20.1 Å². The molecule has 0 bridgehead atoms. The quantitative estimate of drug-likeness (QED) is 0.940. The first-order valence-electron chi connectivity index (χ1n) is 7.42. The molecule has 1 aliphatic heterocycles. The molecule has 3 rings (SSSR count). The van der Waals surface area contributed by atoms with Gasteiger partial charge in [-0.1, -0.05) is 6.07 Å². The second-order valence-electron chi connectivity index (χ2n) is 5.68. The molecule has 0 aliphatic carbocycles. The molecule has 2 aromatic rings. The first-order valence-corrected chi connectivity index (χ1v) is 7.42. The number of piperidine rings is 1. The lowest BCUT2D eigenvalue weighted by Crippen LogP contribution is -2.37. The molecule has 21 heavy (non-hydrogen) atoms. The minimum absolute atomic E-state index is 0.194. The van der Waals surface area contributed by atoms with E-state index in [2.05, 4.69) is 21.2 Å². The molecule has 1 N–H and O–H groups in total. The van der Waals surface area contributed by atoms with Crippen molar-refractivity contribution in [2.75, 3.05) is 13.1 Å². The molecule has 3 heterocycles. The van der Waals surface area contributed by atoms with Crippen molar-refractivity contribution in [3.05, 3.63) is 36.2 Å². The number of carbonyl (C=O) groups is 1. The molecule has 0 saturated carbocycles. The van der Waals surface area contributed by atoms with Gasteiger partial charge in [-0.15, -0.1) is 0 Å². The molecule has 5 nitrogen and oxygen atoms in total. The summed E-state index contributed by atoms with van der Waals surface area (Å²) in [7, 11) is 0. The number of rotatable bonds is 3. The molecule has 1 saturated heterocycles. The number of carbonyl (C=O) groups excluding carboxylic acids is 1. The van der Waals surface area contributed by atoms with Gasteiger partial charge in [0.2, 0.25) is 5.91 Å². The highest BCUT2D eigenvalue weighted by atomic mass is 16.2. The summed E-state index contributed by atoms with van der Waals surface area (Å²) in [6.07, 6.45) is 6.90. The van der Waals surface area contributed by atoms with Crippen LogP contribution in [-0.4, -0.2) is 39.1 Å². The Labute approximate surface area is 124 Å².